The number of hydrogen-bond acceptors (Lipinski definition) is 7. The van der Waals surface area contributed by atoms with Gasteiger partial charge in [0.25, 0.3) is 5.56 Å². The third-order valence-corrected chi connectivity index (χ3v) is 6.46. The van der Waals surface area contributed by atoms with Crippen molar-refractivity contribution < 1.29 is 9.26 Å². The number of ether oxygens (including phenoxy) is 1. The molecule has 0 radical (unpaired) electrons. The number of pyridine rings is 1. The van der Waals surface area contributed by atoms with Crippen LogP contribution in [0.2, 0.25) is 5.15 Å². The molecule has 3 aromatic heterocycles. The summed E-state index contributed by atoms with van der Waals surface area (Å²) in [4.78, 5) is 19.0. The van der Waals surface area contributed by atoms with E-state index in [-0.39, 0.29) is 17.7 Å². The van der Waals surface area contributed by atoms with Crippen LogP contribution in [0, 0.1) is 12.8 Å². The second-order valence-corrected chi connectivity index (χ2v) is 9.03. The van der Waals surface area contributed by atoms with Gasteiger partial charge in [0.2, 0.25) is 0 Å². The van der Waals surface area contributed by atoms with Crippen LogP contribution in [0.3, 0.4) is 0 Å². The molecule has 2 aliphatic rings. The number of hydrogen-bond donors (Lipinski definition) is 0. The molecule has 0 aromatic carbocycles. The molecule has 0 unspecified atom stereocenters. The molecular weight excluding hydrogens is 418 g/mol. The van der Waals surface area contributed by atoms with Gasteiger partial charge >= 0.3 is 0 Å². The molecule has 2 saturated heterocycles. The monoisotopic (exact) mass is 441 g/mol. The fourth-order valence-corrected chi connectivity index (χ4v) is 4.36. The first-order valence-corrected chi connectivity index (χ1v) is 10.8. The van der Waals surface area contributed by atoms with E-state index in [1.807, 2.05) is 13.0 Å². The molecule has 0 bridgehead atoms. The van der Waals surface area contributed by atoms with Gasteiger partial charge in [0.05, 0.1) is 25.0 Å². The molecule has 31 heavy (non-hydrogen) atoms. The second kappa shape index (κ2) is 7.76. The summed E-state index contributed by atoms with van der Waals surface area (Å²) in [5, 5.41) is 8.95. The fourth-order valence-electron chi connectivity index (χ4n) is 4.25. The first kappa shape index (κ1) is 20.2. The summed E-state index contributed by atoms with van der Waals surface area (Å²) in [5.41, 5.74) is 2.80. The van der Waals surface area contributed by atoms with Crippen LogP contribution in [-0.4, -0.2) is 45.2 Å². The predicted molar refractivity (Wildman–Crippen MR) is 116 cm³/mol. The molecule has 5 heterocycles. The average molecular weight is 442 g/mol. The maximum atomic E-state index is 12.8. The highest BCUT2D eigenvalue weighted by Crippen LogP contribution is 2.37. The maximum Gasteiger partial charge on any atom is 0.269 e. The van der Waals surface area contributed by atoms with Crippen molar-refractivity contribution in [2.24, 2.45) is 5.92 Å². The van der Waals surface area contributed by atoms with E-state index in [1.165, 1.54) is 11.1 Å². The molecule has 3 aromatic rings. The third kappa shape index (κ3) is 3.85. The zero-order valence-corrected chi connectivity index (χ0v) is 18.3. The van der Waals surface area contributed by atoms with Crippen LogP contribution in [0.1, 0.15) is 31.1 Å². The van der Waals surface area contributed by atoms with Crippen molar-refractivity contribution in [3.05, 3.63) is 57.4 Å². The summed E-state index contributed by atoms with van der Waals surface area (Å²) >= 11 is 5.88. The molecule has 9 heteroatoms. The molecule has 162 valence electrons. The number of aryl methyl sites for hydroxylation is 1. The van der Waals surface area contributed by atoms with Crippen molar-refractivity contribution in [3.63, 3.8) is 0 Å². The Bertz CT molecular complexity index is 1140. The predicted octanol–water partition coefficient (Wildman–Crippen LogP) is 3.31. The zero-order chi connectivity index (χ0) is 21.6. The minimum Gasteiger partial charge on any atom is -0.371 e. The Labute approximate surface area is 184 Å². The number of halogens is 1. The van der Waals surface area contributed by atoms with Crippen molar-refractivity contribution in [1.82, 2.24) is 19.9 Å². The quantitative estimate of drug-likeness (QED) is 0.574. The van der Waals surface area contributed by atoms with Crippen LogP contribution < -0.4 is 10.5 Å². The number of nitrogens with zero attached hydrogens (tertiary/aromatic N) is 5. The van der Waals surface area contributed by atoms with Gasteiger partial charge in [-0.3, -0.25) is 4.79 Å². The molecule has 2 aliphatic heterocycles. The Balaban J connectivity index is 1.33. The van der Waals surface area contributed by atoms with Crippen LogP contribution in [0.4, 0.5) is 5.69 Å². The first-order valence-electron chi connectivity index (χ1n) is 10.5. The van der Waals surface area contributed by atoms with Crippen LogP contribution >= 0.6 is 11.6 Å². The first-order chi connectivity index (χ1) is 14.9. The van der Waals surface area contributed by atoms with E-state index in [9.17, 15) is 4.79 Å². The van der Waals surface area contributed by atoms with E-state index >= 15 is 0 Å². The van der Waals surface area contributed by atoms with Crippen LogP contribution in [-0.2, 0) is 11.3 Å². The van der Waals surface area contributed by atoms with Crippen molar-refractivity contribution in [3.8, 4) is 11.3 Å². The highest BCUT2D eigenvalue weighted by Gasteiger charge is 2.46. The molecule has 2 fully saturated rings. The zero-order valence-electron chi connectivity index (χ0n) is 17.5. The van der Waals surface area contributed by atoms with Gasteiger partial charge in [0, 0.05) is 36.5 Å². The highest BCUT2D eigenvalue weighted by atomic mass is 35.5. The topological polar surface area (TPSA) is 86.3 Å². The lowest BCUT2D eigenvalue weighted by Gasteiger charge is -2.53. The molecule has 0 amide bonds. The van der Waals surface area contributed by atoms with Gasteiger partial charge in [0.1, 0.15) is 22.2 Å². The summed E-state index contributed by atoms with van der Waals surface area (Å²) in [6, 6.07) is 5.15. The lowest BCUT2D eigenvalue weighted by molar-refractivity contribution is -0.113. The van der Waals surface area contributed by atoms with Crippen LogP contribution in [0.25, 0.3) is 11.3 Å². The van der Waals surface area contributed by atoms with E-state index in [0.29, 0.717) is 22.5 Å². The number of aromatic nitrogens is 4. The Hall–Kier alpha value is -2.71. The number of rotatable bonds is 4. The SMILES string of the molecule is Cc1onc(-c2ccc(Cl)nc2)c1Cn1ncc(N2CC3(CC[C@@H](C)CO3)C2)cc1=O. The van der Waals surface area contributed by atoms with Gasteiger partial charge in [-0.2, -0.15) is 5.10 Å². The fraction of sp³-hybridized carbons (Fsp3) is 0.455. The van der Waals surface area contributed by atoms with E-state index in [0.717, 1.165) is 42.9 Å². The molecule has 0 N–H and O–H groups in total. The molecule has 0 saturated carbocycles. The second-order valence-electron chi connectivity index (χ2n) is 8.64. The Morgan fingerprint density at radius 1 is 1.29 bits per heavy atom. The van der Waals surface area contributed by atoms with Gasteiger partial charge in [-0.15, -0.1) is 0 Å². The average Bonchev–Trinajstić information content (AvgIpc) is 3.09. The van der Waals surface area contributed by atoms with Gasteiger partial charge in [-0.25, -0.2) is 9.67 Å². The Morgan fingerprint density at radius 2 is 2.13 bits per heavy atom. The molecule has 5 rings (SSSR count). The Morgan fingerprint density at radius 3 is 2.81 bits per heavy atom. The van der Waals surface area contributed by atoms with Gasteiger partial charge in [0.15, 0.2) is 0 Å². The van der Waals surface area contributed by atoms with E-state index < -0.39 is 0 Å². The molecule has 1 spiro atoms. The summed E-state index contributed by atoms with van der Waals surface area (Å²) in [5.74, 6) is 1.26. The maximum absolute atomic E-state index is 12.8. The lowest BCUT2D eigenvalue weighted by atomic mass is 9.83. The Kier molecular flexibility index (Phi) is 5.06. The molecule has 1 atom stereocenters. The largest absolute Gasteiger partial charge is 0.371 e. The van der Waals surface area contributed by atoms with Crippen LogP contribution in [0.15, 0.2) is 39.9 Å². The summed E-state index contributed by atoms with van der Waals surface area (Å²) in [7, 11) is 0. The standard InChI is InChI=1S/C22H24ClN5O3/c1-14-5-6-22(30-11-14)12-27(13-22)17-7-20(29)28(25-9-17)10-18-15(2)31-26-21(18)16-3-4-19(23)24-8-16/h3-4,7-9,14H,5-6,10-13H2,1-2H3/t14-/m1/s1. The molecule has 0 aliphatic carbocycles. The van der Waals surface area contributed by atoms with Crippen molar-refractivity contribution in [1.29, 1.82) is 0 Å². The highest BCUT2D eigenvalue weighted by molar-refractivity contribution is 6.29. The van der Waals surface area contributed by atoms with E-state index in [2.05, 4.69) is 27.1 Å². The smallest absolute Gasteiger partial charge is 0.269 e. The minimum atomic E-state index is -0.169. The van der Waals surface area contributed by atoms with Gasteiger partial charge in [-0.05, 0) is 37.8 Å². The van der Waals surface area contributed by atoms with E-state index in [4.69, 9.17) is 20.9 Å². The van der Waals surface area contributed by atoms with E-state index in [1.54, 1.807) is 24.5 Å². The molecule has 8 nitrogen and oxygen atoms in total. The third-order valence-electron chi connectivity index (χ3n) is 6.24. The summed E-state index contributed by atoms with van der Waals surface area (Å²) < 4.78 is 12.9. The van der Waals surface area contributed by atoms with Crippen molar-refractivity contribution in [2.45, 2.75) is 38.8 Å². The lowest BCUT2D eigenvalue weighted by Crippen LogP contribution is -2.65. The van der Waals surface area contributed by atoms with Gasteiger partial charge < -0.3 is 14.2 Å². The summed E-state index contributed by atoms with van der Waals surface area (Å²) in [6.07, 6.45) is 5.64. The molecular formula is C22H24ClN5O3. The normalized spacial score (nSPS) is 20.1. The van der Waals surface area contributed by atoms with Crippen LogP contribution in [0.5, 0.6) is 0 Å². The van der Waals surface area contributed by atoms with Crippen molar-refractivity contribution >= 4 is 17.3 Å². The van der Waals surface area contributed by atoms with Crippen molar-refractivity contribution in [2.75, 3.05) is 24.6 Å². The summed E-state index contributed by atoms with van der Waals surface area (Å²) in [6.45, 7) is 6.74. The minimum absolute atomic E-state index is 0.0531. The number of anilines is 1. The van der Waals surface area contributed by atoms with Gasteiger partial charge in [-0.1, -0.05) is 23.7 Å².